The van der Waals surface area contributed by atoms with Crippen molar-refractivity contribution in [1.29, 1.82) is 0 Å². The minimum atomic E-state index is -0.347. The highest BCUT2D eigenvalue weighted by atomic mass is 16.5. The Kier molecular flexibility index (Phi) is 13.6. The third-order valence-corrected chi connectivity index (χ3v) is 1.69. The number of allylic oxidation sites excluding steroid dienone is 2. The molecular weight excluding hydrogens is 188 g/mol. The Hall–Kier alpha value is -1.31. The van der Waals surface area contributed by atoms with E-state index in [1.807, 2.05) is 0 Å². The van der Waals surface area contributed by atoms with Gasteiger partial charge >= 0.3 is 5.97 Å². The lowest BCUT2D eigenvalue weighted by molar-refractivity contribution is -0.136. The van der Waals surface area contributed by atoms with Crippen molar-refractivity contribution >= 4 is 5.97 Å². The van der Waals surface area contributed by atoms with Gasteiger partial charge in [-0.15, -0.1) is 13.2 Å². The quantitative estimate of drug-likeness (QED) is 0.375. The van der Waals surface area contributed by atoms with Crippen LogP contribution >= 0.6 is 0 Å². The van der Waals surface area contributed by atoms with E-state index in [4.69, 9.17) is 0 Å². The van der Waals surface area contributed by atoms with Crippen LogP contribution in [0.15, 0.2) is 37.5 Å². The van der Waals surface area contributed by atoms with Crippen molar-refractivity contribution in [3.8, 4) is 0 Å². The molecular formula is C13H22O2. The molecule has 0 N–H and O–H groups in total. The highest BCUT2D eigenvalue weighted by Gasteiger charge is 1.95. The highest BCUT2D eigenvalue weighted by molar-refractivity contribution is 5.86. The molecule has 0 fully saturated rings. The summed E-state index contributed by atoms with van der Waals surface area (Å²) in [5.74, 6) is -0.347. The van der Waals surface area contributed by atoms with Crippen molar-refractivity contribution in [1.82, 2.24) is 0 Å². The maximum absolute atomic E-state index is 10.2. The van der Waals surface area contributed by atoms with Gasteiger partial charge in [-0.1, -0.05) is 18.7 Å². The summed E-state index contributed by atoms with van der Waals surface area (Å²) < 4.78 is 4.27. The average molecular weight is 210 g/mol. The summed E-state index contributed by atoms with van der Waals surface area (Å²) in [6.45, 7) is 11.0. The summed E-state index contributed by atoms with van der Waals surface area (Å²) in [7, 11) is 1.33. The molecule has 0 aromatic rings. The lowest BCUT2D eigenvalue weighted by Gasteiger charge is -1.97. The SMILES string of the molecule is C1=CCCCC1.C=C.C=C(C)C(=O)OC. The second-order valence-electron chi connectivity index (χ2n) is 3.03. The Morgan fingerprint density at radius 2 is 1.60 bits per heavy atom. The van der Waals surface area contributed by atoms with Gasteiger partial charge in [0.25, 0.3) is 0 Å². The number of hydrogen-bond acceptors (Lipinski definition) is 2. The number of rotatable bonds is 1. The first-order valence-electron chi connectivity index (χ1n) is 5.07. The van der Waals surface area contributed by atoms with E-state index in [2.05, 4.69) is 36.6 Å². The van der Waals surface area contributed by atoms with E-state index in [1.54, 1.807) is 6.92 Å². The Morgan fingerprint density at radius 1 is 1.20 bits per heavy atom. The van der Waals surface area contributed by atoms with Crippen LogP contribution in [0.25, 0.3) is 0 Å². The molecule has 0 spiro atoms. The van der Waals surface area contributed by atoms with E-state index < -0.39 is 0 Å². The molecule has 0 saturated heterocycles. The number of carbonyl (C=O) groups is 1. The van der Waals surface area contributed by atoms with Gasteiger partial charge in [0, 0.05) is 5.57 Å². The summed E-state index contributed by atoms with van der Waals surface area (Å²) in [6, 6.07) is 0. The number of hydrogen-bond donors (Lipinski definition) is 0. The first-order chi connectivity index (χ1) is 7.18. The van der Waals surface area contributed by atoms with E-state index in [9.17, 15) is 4.79 Å². The molecule has 15 heavy (non-hydrogen) atoms. The zero-order chi connectivity index (χ0) is 12.1. The predicted molar refractivity (Wildman–Crippen MR) is 65.7 cm³/mol. The molecule has 1 rings (SSSR count). The number of esters is 1. The molecule has 0 amide bonds. The maximum atomic E-state index is 10.2. The van der Waals surface area contributed by atoms with Crippen LogP contribution in [0, 0.1) is 0 Å². The van der Waals surface area contributed by atoms with Gasteiger partial charge < -0.3 is 4.74 Å². The first-order valence-corrected chi connectivity index (χ1v) is 5.07. The lowest BCUT2D eigenvalue weighted by atomic mass is 10.1. The summed E-state index contributed by atoms with van der Waals surface area (Å²) in [5, 5.41) is 0. The van der Waals surface area contributed by atoms with Crippen LogP contribution in [0.3, 0.4) is 0 Å². The molecule has 86 valence electrons. The highest BCUT2D eigenvalue weighted by Crippen LogP contribution is 2.07. The standard InChI is InChI=1S/C6H10.C5H8O2.C2H4/c1-2-4-6-5-3-1;1-4(2)5(6)7-3;1-2/h1-2H,3-6H2;1H2,2-3H3;1-2H2. The molecule has 0 aromatic heterocycles. The molecule has 0 aromatic carbocycles. The lowest BCUT2D eigenvalue weighted by Crippen LogP contribution is -1.98. The van der Waals surface area contributed by atoms with E-state index >= 15 is 0 Å². The number of carbonyl (C=O) groups excluding carboxylic acids is 1. The summed E-state index contributed by atoms with van der Waals surface area (Å²) in [4.78, 5) is 10.2. The van der Waals surface area contributed by atoms with Crippen LogP contribution in [0.5, 0.6) is 0 Å². The third kappa shape index (κ3) is 12.7. The molecule has 0 aliphatic heterocycles. The molecule has 0 saturated carbocycles. The molecule has 2 heteroatoms. The molecule has 0 heterocycles. The van der Waals surface area contributed by atoms with Crippen molar-refractivity contribution < 1.29 is 9.53 Å². The fourth-order valence-electron chi connectivity index (χ4n) is 0.934. The molecule has 1 aliphatic rings. The third-order valence-electron chi connectivity index (χ3n) is 1.69. The Morgan fingerprint density at radius 3 is 1.67 bits per heavy atom. The second kappa shape index (κ2) is 12.7. The van der Waals surface area contributed by atoms with Gasteiger partial charge in [0.1, 0.15) is 0 Å². The van der Waals surface area contributed by atoms with E-state index in [0.29, 0.717) is 5.57 Å². The minimum absolute atomic E-state index is 0.347. The van der Waals surface area contributed by atoms with Crippen LogP contribution in [-0.4, -0.2) is 13.1 Å². The second-order valence-corrected chi connectivity index (χ2v) is 3.03. The van der Waals surface area contributed by atoms with Gasteiger partial charge in [0.2, 0.25) is 0 Å². The Balaban J connectivity index is 0. The zero-order valence-electron chi connectivity index (χ0n) is 9.92. The van der Waals surface area contributed by atoms with Gasteiger partial charge in [0.05, 0.1) is 7.11 Å². The van der Waals surface area contributed by atoms with Crippen LogP contribution < -0.4 is 0 Å². The molecule has 1 aliphatic carbocycles. The van der Waals surface area contributed by atoms with E-state index in [0.717, 1.165) is 0 Å². The van der Waals surface area contributed by atoms with Crippen molar-refractivity contribution in [2.24, 2.45) is 0 Å². The van der Waals surface area contributed by atoms with Crippen molar-refractivity contribution in [2.75, 3.05) is 7.11 Å². The van der Waals surface area contributed by atoms with Gasteiger partial charge in [-0.2, -0.15) is 0 Å². The van der Waals surface area contributed by atoms with Crippen molar-refractivity contribution in [3.05, 3.63) is 37.5 Å². The summed E-state index contributed by atoms with van der Waals surface area (Å²) in [6.07, 6.45) is 10.0. The maximum Gasteiger partial charge on any atom is 0.332 e. The van der Waals surface area contributed by atoms with Gasteiger partial charge in [-0.25, -0.2) is 4.79 Å². The van der Waals surface area contributed by atoms with Gasteiger partial charge in [-0.3, -0.25) is 0 Å². The van der Waals surface area contributed by atoms with Crippen LogP contribution in [-0.2, 0) is 9.53 Å². The number of ether oxygens (including phenoxy) is 1. The largest absolute Gasteiger partial charge is 0.466 e. The van der Waals surface area contributed by atoms with Crippen LogP contribution in [0.4, 0.5) is 0 Å². The smallest absolute Gasteiger partial charge is 0.332 e. The first kappa shape index (κ1) is 16.1. The molecule has 0 radical (unpaired) electrons. The van der Waals surface area contributed by atoms with Gasteiger partial charge in [-0.05, 0) is 32.6 Å². The van der Waals surface area contributed by atoms with E-state index in [1.165, 1.54) is 32.8 Å². The predicted octanol–water partition coefficient (Wildman–Crippen LogP) is 3.65. The summed E-state index contributed by atoms with van der Waals surface area (Å²) in [5.41, 5.74) is 0.433. The molecule has 2 nitrogen and oxygen atoms in total. The van der Waals surface area contributed by atoms with Crippen molar-refractivity contribution in [3.63, 3.8) is 0 Å². The van der Waals surface area contributed by atoms with Crippen molar-refractivity contribution in [2.45, 2.75) is 32.6 Å². The zero-order valence-corrected chi connectivity index (χ0v) is 9.92. The minimum Gasteiger partial charge on any atom is -0.466 e. The average Bonchev–Trinajstić information content (AvgIpc) is 2.33. The monoisotopic (exact) mass is 210 g/mol. The summed E-state index contributed by atoms with van der Waals surface area (Å²) >= 11 is 0. The fraction of sp³-hybridized carbons (Fsp3) is 0.462. The fourth-order valence-corrected chi connectivity index (χ4v) is 0.934. The van der Waals surface area contributed by atoms with Crippen LogP contribution in [0.2, 0.25) is 0 Å². The van der Waals surface area contributed by atoms with Gasteiger partial charge in [0.15, 0.2) is 0 Å². The normalized spacial score (nSPS) is 12.4. The molecule has 0 unspecified atom stereocenters. The Labute approximate surface area is 93.3 Å². The van der Waals surface area contributed by atoms with E-state index in [-0.39, 0.29) is 5.97 Å². The molecule has 0 atom stereocenters. The topological polar surface area (TPSA) is 26.3 Å². The number of methoxy groups -OCH3 is 1. The Bertz CT molecular complexity index is 197. The van der Waals surface area contributed by atoms with Crippen LogP contribution in [0.1, 0.15) is 32.6 Å². The molecule has 0 bridgehead atoms.